The molecule has 4 rings (SSSR count). The summed E-state index contributed by atoms with van der Waals surface area (Å²) in [5.41, 5.74) is 3.46. The highest BCUT2D eigenvalue weighted by Crippen LogP contribution is 2.24. The van der Waals surface area contributed by atoms with Crippen molar-refractivity contribution in [2.45, 2.75) is 19.3 Å². The number of methoxy groups -OCH3 is 1. The van der Waals surface area contributed by atoms with Crippen LogP contribution in [0.4, 0.5) is 16.4 Å². The number of amides is 2. The second-order valence-electron chi connectivity index (χ2n) is 8.84. The first-order valence-electron chi connectivity index (χ1n) is 12.4. The number of aryl methyl sites for hydroxylation is 1. The lowest BCUT2D eigenvalue weighted by atomic mass is 9.92. The minimum Gasteiger partial charge on any atom is -0.495 e. The molecule has 0 radical (unpaired) electrons. The number of hydrogen-bond donors (Lipinski definition) is 3. The van der Waals surface area contributed by atoms with Crippen molar-refractivity contribution in [2.24, 2.45) is 5.92 Å². The van der Waals surface area contributed by atoms with Gasteiger partial charge in [0, 0.05) is 29.9 Å². The minimum atomic E-state index is -0.974. The molecule has 9 nitrogen and oxygen atoms in total. The molecule has 0 aliphatic carbocycles. The number of anilines is 2. The summed E-state index contributed by atoms with van der Waals surface area (Å²) in [4.78, 5) is 45.2. The average molecular weight is 525 g/mol. The Hall–Kier alpha value is -5.05. The second kappa shape index (κ2) is 13.0. The Balaban J connectivity index is 1.33. The monoisotopic (exact) mass is 524 g/mol. The van der Waals surface area contributed by atoms with E-state index in [-0.39, 0.29) is 18.2 Å². The molecule has 1 unspecified atom stereocenters. The van der Waals surface area contributed by atoms with Crippen LogP contribution in [-0.2, 0) is 11.2 Å². The number of aliphatic carboxylic acids is 1. The number of carboxylic acid groups (broad SMARTS) is 1. The molecular weight excluding hydrogens is 496 g/mol. The van der Waals surface area contributed by atoms with Gasteiger partial charge in [-0.2, -0.15) is 0 Å². The number of Topliss-reactive ketones (excluding diaryl/α,β-unsaturated/α-hetero) is 1. The quantitative estimate of drug-likeness (QED) is 0.214. The first kappa shape index (κ1) is 27.0. The number of carbonyl (C=O) groups is 3. The molecule has 0 aliphatic heterocycles. The summed E-state index contributed by atoms with van der Waals surface area (Å²) in [6, 6.07) is 23.0. The first-order chi connectivity index (χ1) is 18.9. The summed E-state index contributed by atoms with van der Waals surface area (Å²) in [5.74, 6) is -1.31. The third-order valence-corrected chi connectivity index (χ3v) is 6.18. The predicted molar refractivity (Wildman–Crippen MR) is 148 cm³/mol. The highest BCUT2D eigenvalue weighted by atomic mass is 16.5. The molecule has 2 amide bonds. The van der Waals surface area contributed by atoms with Crippen LogP contribution in [0.25, 0.3) is 11.1 Å². The van der Waals surface area contributed by atoms with Gasteiger partial charge in [-0.15, -0.1) is 0 Å². The number of ketones is 1. The Morgan fingerprint density at radius 1 is 0.846 bits per heavy atom. The molecule has 3 N–H and O–H groups in total. The molecule has 0 spiro atoms. The second-order valence-corrected chi connectivity index (χ2v) is 8.84. The fourth-order valence-electron chi connectivity index (χ4n) is 4.03. The van der Waals surface area contributed by atoms with Crippen LogP contribution in [0.3, 0.4) is 0 Å². The zero-order valence-corrected chi connectivity index (χ0v) is 21.3. The summed E-state index contributed by atoms with van der Waals surface area (Å²) in [7, 11) is 1.52. The van der Waals surface area contributed by atoms with Gasteiger partial charge in [-0.3, -0.25) is 14.9 Å². The average Bonchev–Trinajstić information content (AvgIpc) is 2.96. The molecule has 1 heterocycles. The maximum Gasteiger partial charge on any atom is 0.326 e. The van der Waals surface area contributed by atoms with E-state index in [2.05, 4.69) is 20.6 Å². The molecule has 0 bridgehead atoms. The van der Waals surface area contributed by atoms with Gasteiger partial charge in [0.1, 0.15) is 5.75 Å². The van der Waals surface area contributed by atoms with Crippen molar-refractivity contribution in [1.29, 1.82) is 0 Å². The van der Waals surface area contributed by atoms with Crippen LogP contribution in [0, 0.1) is 5.92 Å². The lowest BCUT2D eigenvalue weighted by Crippen LogP contribution is -2.21. The predicted octanol–water partition coefficient (Wildman–Crippen LogP) is 5.70. The van der Waals surface area contributed by atoms with Crippen LogP contribution < -0.4 is 15.4 Å². The van der Waals surface area contributed by atoms with Crippen molar-refractivity contribution in [2.75, 3.05) is 17.7 Å². The number of rotatable bonds is 11. The third-order valence-electron chi connectivity index (χ3n) is 6.18. The van der Waals surface area contributed by atoms with Gasteiger partial charge >= 0.3 is 12.0 Å². The summed E-state index contributed by atoms with van der Waals surface area (Å²) in [6.07, 6.45) is 4.04. The van der Waals surface area contributed by atoms with Gasteiger partial charge < -0.3 is 15.2 Å². The zero-order chi connectivity index (χ0) is 27.6. The molecule has 1 aromatic heterocycles. The van der Waals surface area contributed by atoms with E-state index < -0.39 is 17.9 Å². The fourth-order valence-corrected chi connectivity index (χ4v) is 4.03. The number of para-hydroxylation sites is 2. The van der Waals surface area contributed by atoms with Crippen LogP contribution >= 0.6 is 0 Å². The molecule has 3 aromatic carbocycles. The molecule has 0 fully saturated rings. The van der Waals surface area contributed by atoms with Crippen LogP contribution in [0.5, 0.6) is 5.75 Å². The highest BCUT2D eigenvalue weighted by molar-refractivity contribution is 6.00. The number of nitrogens with zero attached hydrogens (tertiary/aromatic N) is 2. The van der Waals surface area contributed by atoms with E-state index in [1.807, 2.05) is 30.3 Å². The Labute approximate surface area is 225 Å². The third kappa shape index (κ3) is 7.48. The normalized spacial score (nSPS) is 11.3. The van der Waals surface area contributed by atoms with E-state index in [0.717, 1.165) is 11.1 Å². The van der Waals surface area contributed by atoms with E-state index in [9.17, 15) is 19.5 Å². The molecule has 0 aliphatic rings. The Morgan fingerprint density at radius 2 is 1.51 bits per heavy atom. The van der Waals surface area contributed by atoms with Gasteiger partial charge in [0.2, 0.25) is 5.95 Å². The van der Waals surface area contributed by atoms with Crippen LogP contribution in [-0.4, -0.2) is 40.0 Å². The number of nitrogens with one attached hydrogen (secondary N) is 2. The molecule has 0 saturated carbocycles. The fraction of sp³-hybridized carbons (Fsp3) is 0.167. The van der Waals surface area contributed by atoms with Crippen molar-refractivity contribution < 1.29 is 24.2 Å². The van der Waals surface area contributed by atoms with E-state index in [1.165, 1.54) is 7.11 Å². The van der Waals surface area contributed by atoms with Crippen LogP contribution in [0.1, 0.15) is 28.8 Å². The number of carbonyl (C=O) groups excluding carboxylic acids is 2. The molecule has 198 valence electrons. The van der Waals surface area contributed by atoms with Gasteiger partial charge in [0.25, 0.3) is 0 Å². The molecule has 9 heteroatoms. The molecule has 0 saturated heterocycles. The lowest BCUT2D eigenvalue weighted by Gasteiger charge is -2.12. The van der Waals surface area contributed by atoms with Crippen LogP contribution in [0.15, 0.2) is 91.3 Å². The number of carboxylic acids is 1. The van der Waals surface area contributed by atoms with Crippen molar-refractivity contribution in [3.63, 3.8) is 0 Å². The molecule has 1 atom stereocenters. The van der Waals surface area contributed by atoms with Crippen molar-refractivity contribution in [3.05, 3.63) is 102 Å². The van der Waals surface area contributed by atoms with Crippen molar-refractivity contribution in [3.8, 4) is 16.9 Å². The number of hydrogen-bond acceptors (Lipinski definition) is 6. The number of aromatic nitrogens is 2. The van der Waals surface area contributed by atoms with E-state index >= 15 is 0 Å². The van der Waals surface area contributed by atoms with Crippen molar-refractivity contribution >= 4 is 29.4 Å². The molecule has 39 heavy (non-hydrogen) atoms. The van der Waals surface area contributed by atoms with Crippen molar-refractivity contribution in [1.82, 2.24) is 9.97 Å². The van der Waals surface area contributed by atoms with Gasteiger partial charge in [-0.05, 0) is 36.1 Å². The van der Waals surface area contributed by atoms with Gasteiger partial charge in [0.15, 0.2) is 5.78 Å². The zero-order valence-electron chi connectivity index (χ0n) is 21.3. The van der Waals surface area contributed by atoms with E-state index in [0.29, 0.717) is 35.4 Å². The number of ether oxygens (including phenoxy) is 1. The largest absolute Gasteiger partial charge is 0.495 e. The summed E-state index contributed by atoms with van der Waals surface area (Å²) in [6.45, 7) is 0. The Kier molecular flexibility index (Phi) is 8.97. The number of benzene rings is 3. The summed E-state index contributed by atoms with van der Waals surface area (Å²) in [5, 5.41) is 14.9. The Morgan fingerprint density at radius 3 is 2.18 bits per heavy atom. The van der Waals surface area contributed by atoms with E-state index in [1.54, 1.807) is 60.9 Å². The first-order valence-corrected chi connectivity index (χ1v) is 12.4. The number of urea groups is 1. The summed E-state index contributed by atoms with van der Waals surface area (Å²) < 4.78 is 5.22. The lowest BCUT2D eigenvalue weighted by molar-refractivity contribution is -0.141. The molecule has 4 aromatic rings. The van der Waals surface area contributed by atoms with Gasteiger partial charge in [-0.25, -0.2) is 14.8 Å². The maximum atomic E-state index is 12.8. The van der Waals surface area contributed by atoms with Crippen LogP contribution in [0.2, 0.25) is 0 Å². The summed E-state index contributed by atoms with van der Waals surface area (Å²) >= 11 is 0. The SMILES string of the molecule is COc1ccccc1NC(=O)Nc1ncc(-c2ccc(C(=O)CC(CCc3ccccc3)C(=O)O)cc2)cn1. The topological polar surface area (TPSA) is 131 Å². The smallest absolute Gasteiger partial charge is 0.326 e. The Bertz CT molecular complexity index is 1420. The highest BCUT2D eigenvalue weighted by Gasteiger charge is 2.22. The molecular formula is C30H28N4O5. The minimum absolute atomic E-state index is 0.0675. The van der Waals surface area contributed by atoms with E-state index in [4.69, 9.17) is 4.74 Å². The van der Waals surface area contributed by atoms with Gasteiger partial charge in [0.05, 0.1) is 18.7 Å². The maximum absolute atomic E-state index is 12.8. The van der Waals surface area contributed by atoms with Gasteiger partial charge in [-0.1, -0.05) is 66.7 Å². The standard InChI is InChI=1S/C30H28N4O5/c1-39-27-10-6-5-9-25(27)33-30(38)34-29-31-18-24(19-32-29)21-13-15-22(16-14-21)26(35)17-23(28(36)37)12-11-20-7-3-2-4-8-20/h2-10,13-16,18-19,23H,11-12,17H2,1H3,(H,36,37)(H2,31,32,33,34,38).